The highest BCUT2D eigenvalue weighted by Gasteiger charge is 2.18. The van der Waals surface area contributed by atoms with Gasteiger partial charge in [0.15, 0.2) is 0 Å². The molecule has 0 bridgehead atoms. The number of rotatable bonds is 4. The summed E-state index contributed by atoms with van der Waals surface area (Å²) in [6.45, 7) is 2.52. The van der Waals surface area contributed by atoms with E-state index in [2.05, 4.69) is 33.6 Å². The third kappa shape index (κ3) is 3.00. The van der Waals surface area contributed by atoms with Gasteiger partial charge in [-0.2, -0.15) is 0 Å². The molecule has 0 saturated heterocycles. The van der Waals surface area contributed by atoms with Crippen molar-refractivity contribution in [1.29, 1.82) is 0 Å². The maximum atomic E-state index is 12.1. The molecule has 1 aliphatic rings. The zero-order valence-electron chi connectivity index (χ0n) is 12.6. The molecule has 2 N–H and O–H groups in total. The molecule has 1 aromatic heterocycles. The molecule has 6 nitrogen and oxygen atoms in total. The Hall–Kier alpha value is -2.63. The molecule has 1 aromatic carbocycles. The average molecular weight is 298 g/mol. The summed E-state index contributed by atoms with van der Waals surface area (Å²) in [5.41, 5.74) is 2.69. The van der Waals surface area contributed by atoms with Crippen LogP contribution >= 0.6 is 0 Å². The van der Waals surface area contributed by atoms with E-state index >= 15 is 0 Å². The van der Waals surface area contributed by atoms with Crippen LogP contribution in [0.4, 0.5) is 5.95 Å². The first-order valence-electron chi connectivity index (χ1n) is 7.22. The number of anilines is 1. The van der Waals surface area contributed by atoms with Crippen molar-refractivity contribution in [3.8, 4) is 5.75 Å². The van der Waals surface area contributed by atoms with E-state index in [0.717, 1.165) is 17.7 Å². The van der Waals surface area contributed by atoms with Crippen LogP contribution < -0.4 is 15.4 Å². The van der Waals surface area contributed by atoms with Crippen LogP contribution in [0.25, 0.3) is 0 Å². The predicted octanol–water partition coefficient (Wildman–Crippen LogP) is 1.77. The Morgan fingerprint density at radius 1 is 1.36 bits per heavy atom. The van der Waals surface area contributed by atoms with Crippen LogP contribution in [0.15, 0.2) is 30.6 Å². The van der Waals surface area contributed by atoms with Gasteiger partial charge in [-0.05, 0) is 24.1 Å². The molecule has 6 heteroatoms. The van der Waals surface area contributed by atoms with Gasteiger partial charge in [-0.1, -0.05) is 12.1 Å². The normalized spacial score (nSPS) is 15.8. The zero-order valence-corrected chi connectivity index (χ0v) is 12.6. The van der Waals surface area contributed by atoms with Gasteiger partial charge in [0.05, 0.1) is 5.56 Å². The summed E-state index contributed by atoms with van der Waals surface area (Å²) in [5, 5.41) is 5.69. The van der Waals surface area contributed by atoms with Gasteiger partial charge in [-0.25, -0.2) is 9.97 Å². The molecule has 0 radical (unpaired) electrons. The minimum absolute atomic E-state index is 0.187. The number of hydrogen-bond donors (Lipinski definition) is 2. The molecule has 1 aliphatic heterocycles. The Kier molecular flexibility index (Phi) is 3.91. The monoisotopic (exact) mass is 298 g/mol. The summed E-state index contributed by atoms with van der Waals surface area (Å²) in [6.07, 6.45) is 4.15. The fourth-order valence-corrected chi connectivity index (χ4v) is 2.44. The van der Waals surface area contributed by atoms with Crippen molar-refractivity contribution in [3.05, 3.63) is 47.3 Å². The Morgan fingerprint density at radius 3 is 2.86 bits per heavy atom. The molecule has 2 aromatic rings. The Bertz CT molecular complexity index is 685. The maximum absolute atomic E-state index is 12.1. The van der Waals surface area contributed by atoms with Gasteiger partial charge in [0, 0.05) is 32.4 Å². The van der Waals surface area contributed by atoms with Gasteiger partial charge in [-0.15, -0.1) is 0 Å². The van der Waals surface area contributed by atoms with Crippen LogP contribution in [0.3, 0.4) is 0 Å². The van der Waals surface area contributed by atoms with Crippen molar-refractivity contribution in [2.45, 2.75) is 26.0 Å². The Morgan fingerprint density at radius 2 is 2.14 bits per heavy atom. The van der Waals surface area contributed by atoms with Crippen molar-refractivity contribution in [1.82, 2.24) is 15.3 Å². The topological polar surface area (TPSA) is 76.1 Å². The quantitative estimate of drug-likeness (QED) is 0.899. The van der Waals surface area contributed by atoms with Gasteiger partial charge >= 0.3 is 0 Å². The molecule has 0 unspecified atom stereocenters. The first-order chi connectivity index (χ1) is 10.7. The van der Waals surface area contributed by atoms with E-state index in [1.165, 1.54) is 18.0 Å². The molecule has 0 aliphatic carbocycles. The standard InChI is InChI=1S/C16H18N4O2/c1-10-5-12-6-11(3-4-14(12)22-10)7-18-15(21)13-8-19-16(17-2)20-9-13/h3-4,6,8-10H,5,7H2,1-2H3,(H,18,21)(H,17,19,20)/t10-/m1/s1. The predicted molar refractivity (Wildman–Crippen MR) is 83.0 cm³/mol. The van der Waals surface area contributed by atoms with Crippen molar-refractivity contribution >= 4 is 11.9 Å². The number of benzene rings is 1. The van der Waals surface area contributed by atoms with Crippen LogP contribution in [0.5, 0.6) is 5.75 Å². The van der Waals surface area contributed by atoms with Crippen LogP contribution in [0.1, 0.15) is 28.4 Å². The van der Waals surface area contributed by atoms with Crippen LogP contribution in [0.2, 0.25) is 0 Å². The minimum atomic E-state index is -0.187. The summed E-state index contributed by atoms with van der Waals surface area (Å²) in [4.78, 5) is 20.1. The van der Waals surface area contributed by atoms with E-state index in [0.29, 0.717) is 18.1 Å². The lowest BCUT2D eigenvalue weighted by molar-refractivity contribution is 0.0950. The summed E-state index contributed by atoms with van der Waals surface area (Å²) in [7, 11) is 1.73. The summed E-state index contributed by atoms with van der Waals surface area (Å²) >= 11 is 0. The van der Waals surface area contributed by atoms with Gasteiger partial charge in [0.1, 0.15) is 11.9 Å². The lowest BCUT2D eigenvalue weighted by Crippen LogP contribution is -2.23. The van der Waals surface area contributed by atoms with E-state index in [4.69, 9.17) is 4.74 Å². The van der Waals surface area contributed by atoms with Gasteiger partial charge < -0.3 is 15.4 Å². The lowest BCUT2D eigenvalue weighted by atomic mass is 10.1. The van der Waals surface area contributed by atoms with E-state index < -0.39 is 0 Å². The van der Waals surface area contributed by atoms with Crippen LogP contribution in [0, 0.1) is 0 Å². The van der Waals surface area contributed by atoms with Gasteiger partial charge in [0.25, 0.3) is 5.91 Å². The molecule has 0 spiro atoms. The van der Waals surface area contributed by atoms with Crippen LogP contribution in [-0.2, 0) is 13.0 Å². The number of nitrogens with zero attached hydrogens (tertiary/aromatic N) is 2. The average Bonchev–Trinajstić information content (AvgIpc) is 2.92. The third-order valence-corrected chi connectivity index (χ3v) is 3.55. The maximum Gasteiger partial charge on any atom is 0.254 e. The second-order valence-electron chi connectivity index (χ2n) is 5.30. The number of hydrogen-bond acceptors (Lipinski definition) is 5. The van der Waals surface area contributed by atoms with E-state index in [9.17, 15) is 4.79 Å². The highest BCUT2D eigenvalue weighted by molar-refractivity contribution is 5.93. The van der Waals surface area contributed by atoms with Crippen LogP contribution in [-0.4, -0.2) is 29.0 Å². The first-order valence-corrected chi connectivity index (χ1v) is 7.22. The largest absolute Gasteiger partial charge is 0.490 e. The molecule has 3 rings (SSSR count). The van der Waals surface area contributed by atoms with Gasteiger partial charge in [0.2, 0.25) is 5.95 Å². The van der Waals surface area contributed by atoms with Crippen molar-refractivity contribution in [2.24, 2.45) is 0 Å². The molecular formula is C16H18N4O2. The number of ether oxygens (including phenoxy) is 1. The number of nitrogens with one attached hydrogen (secondary N) is 2. The highest BCUT2D eigenvalue weighted by atomic mass is 16.5. The van der Waals surface area contributed by atoms with E-state index in [1.807, 2.05) is 12.1 Å². The summed E-state index contributed by atoms with van der Waals surface area (Å²) in [6, 6.07) is 6.02. The second-order valence-corrected chi connectivity index (χ2v) is 5.30. The number of fused-ring (bicyclic) bond motifs is 1. The molecule has 0 saturated carbocycles. The smallest absolute Gasteiger partial charge is 0.254 e. The van der Waals surface area contributed by atoms with E-state index in [1.54, 1.807) is 7.05 Å². The molecule has 0 fully saturated rings. The molecule has 1 amide bonds. The fraction of sp³-hybridized carbons (Fsp3) is 0.312. The Labute approximate surface area is 128 Å². The highest BCUT2D eigenvalue weighted by Crippen LogP contribution is 2.29. The SMILES string of the molecule is CNc1ncc(C(=O)NCc2ccc3c(c2)C[C@@H](C)O3)cn1. The summed E-state index contributed by atoms with van der Waals surface area (Å²) < 4.78 is 5.67. The number of carbonyl (C=O) groups excluding carboxylic acids is 1. The molecule has 22 heavy (non-hydrogen) atoms. The van der Waals surface area contributed by atoms with Gasteiger partial charge in [-0.3, -0.25) is 4.79 Å². The number of amides is 1. The summed E-state index contributed by atoms with van der Waals surface area (Å²) in [5.74, 6) is 1.25. The van der Waals surface area contributed by atoms with Crippen molar-refractivity contribution in [2.75, 3.05) is 12.4 Å². The minimum Gasteiger partial charge on any atom is -0.490 e. The zero-order chi connectivity index (χ0) is 15.5. The molecular weight excluding hydrogens is 280 g/mol. The van der Waals surface area contributed by atoms with E-state index in [-0.39, 0.29) is 12.0 Å². The fourth-order valence-electron chi connectivity index (χ4n) is 2.44. The second kappa shape index (κ2) is 6.01. The molecule has 114 valence electrons. The van der Waals surface area contributed by atoms with Crippen molar-refractivity contribution < 1.29 is 9.53 Å². The van der Waals surface area contributed by atoms with Crippen molar-refractivity contribution in [3.63, 3.8) is 0 Å². The number of aromatic nitrogens is 2. The number of carbonyl (C=O) groups is 1. The molecule has 1 atom stereocenters. The first kappa shape index (κ1) is 14.3. The third-order valence-electron chi connectivity index (χ3n) is 3.55. The Balaban J connectivity index is 1.62. The lowest BCUT2D eigenvalue weighted by Gasteiger charge is -2.07. The molecule has 2 heterocycles.